The van der Waals surface area contributed by atoms with E-state index in [1.54, 1.807) is 6.92 Å². The average molecular weight is 580 g/mol. The van der Waals surface area contributed by atoms with Gasteiger partial charge in [-0.1, -0.05) is 175 Å². The molecule has 0 aliphatic rings. The molecule has 0 saturated carbocycles. The summed E-state index contributed by atoms with van der Waals surface area (Å²) in [5.74, 6) is -0.192. The molecule has 1 N–H and O–H groups in total. The molecule has 0 heterocycles. The van der Waals surface area contributed by atoms with E-state index in [1.807, 2.05) is 6.92 Å². The summed E-state index contributed by atoms with van der Waals surface area (Å²) in [6.07, 6.45) is 34.5. The minimum absolute atomic E-state index is 0.0958. The molecular weight excluding hydrogens is 506 g/mol. The molecule has 0 bridgehead atoms. The number of hydrogen-bond acceptors (Lipinski definition) is 3. The summed E-state index contributed by atoms with van der Waals surface area (Å²) < 4.78 is 0. The third-order valence-corrected chi connectivity index (χ3v) is 8.85. The number of amides is 2. The highest BCUT2D eigenvalue weighted by Crippen LogP contribution is 2.18. The molecule has 2 amide bonds. The predicted molar refractivity (Wildman–Crippen MR) is 178 cm³/mol. The van der Waals surface area contributed by atoms with Gasteiger partial charge in [-0.05, 0) is 26.2 Å². The van der Waals surface area contributed by atoms with Crippen molar-refractivity contribution in [1.82, 2.24) is 4.90 Å². The van der Waals surface area contributed by atoms with Gasteiger partial charge in [0, 0.05) is 12.8 Å². The smallest absolute Gasteiger partial charge is 0.229 e. The summed E-state index contributed by atoms with van der Waals surface area (Å²) in [5.41, 5.74) is -1.02. The van der Waals surface area contributed by atoms with E-state index in [-0.39, 0.29) is 18.4 Å². The number of imide groups is 1. The molecule has 244 valence electrons. The van der Waals surface area contributed by atoms with Crippen LogP contribution in [0.15, 0.2) is 0 Å². The van der Waals surface area contributed by atoms with Gasteiger partial charge >= 0.3 is 0 Å². The van der Waals surface area contributed by atoms with Crippen molar-refractivity contribution in [3.8, 4) is 0 Å². The van der Waals surface area contributed by atoms with Gasteiger partial charge < -0.3 is 5.11 Å². The standard InChI is InChI=1S/C37H73NO3/c1-5-8-10-12-14-16-18-20-22-24-26-28-30-32-35(39)38(34-37(4,41)7-3)36(40)33-31-29-27-25-23-21-19-17-15-13-11-9-6-2/h41H,5-34H2,1-4H3. The minimum atomic E-state index is -1.02. The highest BCUT2D eigenvalue weighted by molar-refractivity contribution is 5.95. The quantitative estimate of drug-likeness (QED) is 0.0831. The Balaban J connectivity index is 4.04. The zero-order valence-electron chi connectivity index (χ0n) is 28.4. The number of carbonyl (C=O) groups excluding carboxylic acids is 2. The van der Waals surface area contributed by atoms with Crippen molar-refractivity contribution in [3.63, 3.8) is 0 Å². The van der Waals surface area contributed by atoms with Gasteiger partial charge in [0.05, 0.1) is 12.1 Å². The van der Waals surface area contributed by atoms with Gasteiger partial charge in [-0.25, -0.2) is 0 Å². The maximum Gasteiger partial charge on any atom is 0.229 e. The number of hydrogen-bond donors (Lipinski definition) is 1. The van der Waals surface area contributed by atoms with Gasteiger partial charge in [-0.3, -0.25) is 14.5 Å². The summed E-state index contributed by atoms with van der Waals surface area (Å²) >= 11 is 0. The third-order valence-electron chi connectivity index (χ3n) is 8.85. The van der Waals surface area contributed by atoms with E-state index in [4.69, 9.17) is 0 Å². The molecule has 41 heavy (non-hydrogen) atoms. The Morgan fingerprint density at radius 1 is 0.463 bits per heavy atom. The van der Waals surface area contributed by atoms with Crippen molar-refractivity contribution in [2.45, 2.75) is 219 Å². The highest BCUT2D eigenvalue weighted by Gasteiger charge is 2.29. The molecule has 0 aromatic heterocycles. The molecule has 1 unspecified atom stereocenters. The van der Waals surface area contributed by atoms with E-state index in [0.717, 1.165) is 25.7 Å². The fraction of sp³-hybridized carbons (Fsp3) is 0.946. The van der Waals surface area contributed by atoms with Crippen molar-refractivity contribution in [2.24, 2.45) is 0 Å². The van der Waals surface area contributed by atoms with Gasteiger partial charge in [0.15, 0.2) is 0 Å². The molecule has 0 fully saturated rings. The molecule has 0 rings (SSSR count). The Hall–Kier alpha value is -0.900. The van der Waals surface area contributed by atoms with E-state index in [2.05, 4.69) is 13.8 Å². The molecule has 0 saturated heterocycles. The van der Waals surface area contributed by atoms with Gasteiger partial charge in [-0.2, -0.15) is 0 Å². The topological polar surface area (TPSA) is 57.6 Å². The number of rotatable bonds is 31. The lowest BCUT2D eigenvalue weighted by atomic mass is 10.0. The molecule has 0 aliphatic heterocycles. The van der Waals surface area contributed by atoms with Crippen LogP contribution in [0, 0.1) is 0 Å². The second kappa shape index (κ2) is 29.2. The number of carbonyl (C=O) groups is 2. The van der Waals surface area contributed by atoms with Crippen molar-refractivity contribution in [3.05, 3.63) is 0 Å². The van der Waals surface area contributed by atoms with E-state index in [1.165, 1.54) is 146 Å². The molecule has 1 atom stereocenters. The molecule has 0 aromatic carbocycles. The van der Waals surface area contributed by atoms with Crippen LogP contribution in [-0.4, -0.2) is 34.0 Å². The fourth-order valence-electron chi connectivity index (χ4n) is 5.63. The van der Waals surface area contributed by atoms with Crippen LogP contribution in [0.2, 0.25) is 0 Å². The van der Waals surface area contributed by atoms with Crippen LogP contribution in [0.25, 0.3) is 0 Å². The summed E-state index contributed by atoms with van der Waals surface area (Å²) in [7, 11) is 0. The van der Waals surface area contributed by atoms with Crippen LogP contribution in [0.5, 0.6) is 0 Å². The molecule has 0 spiro atoms. The first-order valence-corrected chi connectivity index (χ1v) is 18.4. The number of unbranched alkanes of at least 4 members (excludes halogenated alkanes) is 24. The Labute approximate surface area is 257 Å². The Morgan fingerprint density at radius 3 is 0.951 bits per heavy atom. The lowest BCUT2D eigenvalue weighted by Gasteiger charge is -2.30. The lowest BCUT2D eigenvalue weighted by Crippen LogP contribution is -2.46. The number of nitrogens with zero attached hydrogens (tertiary/aromatic N) is 1. The molecule has 4 nitrogen and oxygen atoms in total. The van der Waals surface area contributed by atoms with Crippen LogP contribution in [-0.2, 0) is 9.59 Å². The summed E-state index contributed by atoms with van der Waals surface area (Å²) in [6.45, 7) is 8.30. The normalized spacial score (nSPS) is 12.9. The maximum atomic E-state index is 13.0. The third kappa shape index (κ3) is 26.5. The van der Waals surface area contributed by atoms with E-state index in [0.29, 0.717) is 19.3 Å². The second-order valence-corrected chi connectivity index (χ2v) is 13.2. The van der Waals surface area contributed by atoms with Crippen LogP contribution < -0.4 is 0 Å². The summed E-state index contributed by atoms with van der Waals surface area (Å²) in [5, 5.41) is 10.6. The summed E-state index contributed by atoms with van der Waals surface area (Å²) in [4.78, 5) is 27.4. The van der Waals surface area contributed by atoms with Crippen LogP contribution in [0.4, 0.5) is 0 Å². The Bertz CT molecular complexity index is 547. The van der Waals surface area contributed by atoms with Crippen molar-refractivity contribution < 1.29 is 14.7 Å². The van der Waals surface area contributed by atoms with Crippen molar-refractivity contribution in [1.29, 1.82) is 0 Å². The van der Waals surface area contributed by atoms with Crippen LogP contribution >= 0.6 is 0 Å². The molecular formula is C37H73NO3. The summed E-state index contributed by atoms with van der Waals surface area (Å²) in [6, 6.07) is 0. The fourth-order valence-corrected chi connectivity index (χ4v) is 5.63. The Morgan fingerprint density at radius 2 is 0.707 bits per heavy atom. The van der Waals surface area contributed by atoms with Crippen LogP contribution in [0.3, 0.4) is 0 Å². The SMILES string of the molecule is CCCCCCCCCCCCCCCC(=O)N(CC(C)(O)CC)C(=O)CCCCCCCCCCCCCCC. The lowest BCUT2D eigenvalue weighted by molar-refractivity contribution is -0.149. The molecule has 0 aliphatic carbocycles. The average Bonchev–Trinajstić information content (AvgIpc) is 2.96. The number of aliphatic hydroxyl groups is 1. The zero-order chi connectivity index (χ0) is 30.4. The van der Waals surface area contributed by atoms with E-state index in [9.17, 15) is 14.7 Å². The van der Waals surface area contributed by atoms with Crippen LogP contribution in [0.1, 0.15) is 214 Å². The first-order chi connectivity index (χ1) is 19.9. The van der Waals surface area contributed by atoms with Crippen molar-refractivity contribution in [2.75, 3.05) is 6.54 Å². The van der Waals surface area contributed by atoms with Gasteiger partial charge in [0.1, 0.15) is 0 Å². The predicted octanol–water partition coefficient (Wildman–Crippen LogP) is 11.5. The van der Waals surface area contributed by atoms with Gasteiger partial charge in [0.2, 0.25) is 11.8 Å². The second-order valence-electron chi connectivity index (χ2n) is 13.2. The van der Waals surface area contributed by atoms with Gasteiger partial charge in [-0.15, -0.1) is 0 Å². The highest BCUT2D eigenvalue weighted by atomic mass is 16.3. The van der Waals surface area contributed by atoms with E-state index < -0.39 is 5.60 Å². The largest absolute Gasteiger partial charge is 0.388 e. The minimum Gasteiger partial charge on any atom is -0.388 e. The molecule has 0 radical (unpaired) electrons. The van der Waals surface area contributed by atoms with Gasteiger partial charge in [0.25, 0.3) is 0 Å². The Kier molecular flexibility index (Phi) is 28.5. The first-order valence-electron chi connectivity index (χ1n) is 18.4. The maximum absolute atomic E-state index is 13.0. The first kappa shape index (κ1) is 40.1. The monoisotopic (exact) mass is 580 g/mol. The molecule has 0 aromatic rings. The zero-order valence-corrected chi connectivity index (χ0v) is 28.4. The van der Waals surface area contributed by atoms with Crippen molar-refractivity contribution >= 4 is 11.8 Å². The molecule has 4 heteroatoms. The van der Waals surface area contributed by atoms with E-state index >= 15 is 0 Å².